The van der Waals surface area contributed by atoms with Gasteiger partial charge in [0.2, 0.25) is 18.2 Å². The third-order valence-corrected chi connectivity index (χ3v) is 4.29. The molecule has 0 bridgehead atoms. The number of carbonyl (C=O) groups excluding carboxylic acids is 3. The predicted molar refractivity (Wildman–Crippen MR) is 102 cm³/mol. The fraction of sp³-hybridized carbons (Fsp3) is 0.450. The van der Waals surface area contributed by atoms with Gasteiger partial charge in [-0.25, -0.2) is 0 Å². The number of hydrogen-bond donors (Lipinski definition) is 2. The van der Waals surface area contributed by atoms with Crippen LogP contribution in [0.4, 0.5) is 0 Å². The van der Waals surface area contributed by atoms with E-state index in [1.807, 2.05) is 51.1 Å². The molecular formula is C20H29N3O3. The van der Waals surface area contributed by atoms with E-state index in [-0.39, 0.29) is 36.4 Å². The van der Waals surface area contributed by atoms with Gasteiger partial charge in [0.1, 0.15) is 0 Å². The molecule has 0 fully saturated rings. The molecule has 1 aromatic carbocycles. The molecule has 26 heavy (non-hydrogen) atoms. The van der Waals surface area contributed by atoms with Crippen LogP contribution in [0.5, 0.6) is 0 Å². The van der Waals surface area contributed by atoms with Crippen molar-refractivity contribution >= 4 is 18.2 Å². The fourth-order valence-electron chi connectivity index (χ4n) is 2.64. The smallest absolute Gasteiger partial charge is 0.247 e. The highest BCUT2D eigenvalue weighted by Gasteiger charge is 2.22. The topological polar surface area (TPSA) is 78.5 Å². The van der Waals surface area contributed by atoms with Crippen LogP contribution in [-0.2, 0) is 14.4 Å². The molecule has 0 radical (unpaired) electrons. The minimum absolute atomic E-state index is 0.0622. The summed E-state index contributed by atoms with van der Waals surface area (Å²) in [6.45, 7) is 7.57. The Morgan fingerprint density at radius 2 is 1.77 bits per heavy atom. The Kier molecular flexibility index (Phi) is 8.55. The Bertz CT molecular complexity index is 641. The van der Waals surface area contributed by atoms with Gasteiger partial charge in [0.05, 0.1) is 18.6 Å². The van der Waals surface area contributed by atoms with E-state index >= 15 is 0 Å². The second-order valence-corrected chi connectivity index (χ2v) is 6.69. The van der Waals surface area contributed by atoms with E-state index in [1.165, 1.54) is 0 Å². The van der Waals surface area contributed by atoms with Crippen LogP contribution in [0.25, 0.3) is 0 Å². The van der Waals surface area contributed by atoms with Crippen LogP contribution in [0, 0.1) is 5.92 Å². The van der Waals surface area contributed by atoms with Crippen molar-refractivity contribution in [2.75, 3.05) is 13.6 Å². The molecule has 0 saturated carbocycles. The lowest BCUT2D eigenvalue weighted by atomic mass is 9.99. The first kappa shape index (κ1) is 21.4. The monoisotopic (exact) mass is 359 g/mol. The summed E-state index contributed by atoms with van der Waals surface area (Å²) >= 11 is 0. The molecule has 1 rings (SSSR count). The lowest BCUT2D eigenvalue weighted by Gasteiger charge is -2.29. The number of hydrogen-bond acceptors (Lipinski definition) is 3. The van der Waals surface area contributed by atoms with Gasteiger partial charge in [-0.2, -0.15) is 0 Å². The lowest BCUT2D eigenvalue weighted by molar-refractivity contribution is -0.132. The average molecular weight is 359 g/mol. The first-order chi connectivity index (χ1) is 12.3. The van der Waals surface area contributed by atoms with Crippen molar-refractivity contribution in [2.45, 2.75) is 39.8 Å². The van der Waals surface area contributed by atoms with Gasteiger partial charge in [0.25, 0.3) is 0 Å². The molecule has 2 N–H and O–H groups in total. The highest BCUT2D eigenvalue weighted by molar-refractivity contribution is 5.93. The van der Waals surface area contributed by atoms with Crippen LogP contribution in [-0.4, -0.2) is 42.8 Å². The summed E-state index contributed by atoms with van der Waals surface area (Å²) in [6, 6.07) is 9.38. The number of likely N-dealkylation sites (N-methyl/N-ethyl adjacent to an activating group) is 1. The molecule has 6 heteroatoms. The molecule has 0 aliphatic heterocycles. The molecule has 0 aliphatic carbocycles. The first-order valence-corrected chi connectivity index (χ1v) is 8.74. The van der Waals surface area contributed by atoms with Gasteiger partial charge < -0.3 is 15.5 Å². The lowest BCUT2D eigenvalue weighted by Crippen LogP contribution is -2.43. The van der Waals surface area contributed by atoms with Crippen molar-refractivity contribution in [2.24, 2.45) is 5.92 Å². The molecule has 3 amide bonds. The Hall–Kier alpha value is -2.63. The molecule has 0 aliphatic rings. The molecule has 0 aromatic heterocycles. The minimum atomic E-state index is -0.242. The minimum Gasteiger partial charge on any atom is -0.350 e. The van der Waals surface area contributed by atoms with Gasteiger partial charge in [0.15, 0.2) is 0 Å². The van der Waals surface area contributed by atoms with Crippen LogP contribution in [0.15, 0.2) is 42.0 Å². The second kappa shape index (κ2) is 10.4. The number of amides is 3. The van der Waals surface area contributed by atoms with E-state index in [1.54, 1.807) is 24.9 Å². The molecule has 1 aromatic rings. The van der Waals surface area contributed by atoms with Crippen molar-refractivity contribution in [1.29, 1.82) is 0 Å². The summed E-state index contributed by atoms with van der Waals surface area (Å²) in [6.07, 6.45) is 2.30. The summed E-state index contributed by atoms with van der Waals surface area (Å²) in [7, 11) is 1.67. The van der Waals surface area contributed by atoms with Crippen LogP contribution in [0.2, 0.25) is 0 Å². The Morgan fingerprint density at radius 1 is 1.15 bits per heavy atom. The highest BCUT2D eigenvalue weighted by atomic mass is 16.2. The van der Waals surface area contributed by atoms with Crippen molar-refractivity contribution in [3.05, 3.63) is 47.5 Å². The number of benzene rings is 1. The average Bonchev–Trinajstić information content (AvgIpc) is 2.63. The zero-order valence-corrected chi connectivity index (χ0v) is 16.2. The van der Waals surface area contributed by atoms with Crippen LogP contribution in [0.1, 0.15) is 39.3 Å². The van der Waals surface area contributed by atoms with Gasteiger partial charge in [-0.05, 0) is 25.3 Å². The standard InChI is InChI=1S/C20H29N3O3/c1-14(2)18(23(5)19(25)12-21-13-24)11-15(3)20(26)22-16(4)17-9-7-6-8-10-17/h6-11,13-14,16,18H,12H2,1-5H3,(H,21,24)(H,22,26)/t16?,18-/m1/s1. The quantitative estimate of drug-likeness (QED) is 0.523. The molecule has 142 valence electrons. The van der Waals surface area contributed by atoms with E-state index in [0.29, 0.717) is 12.0 Å². The van der Waals surface area contributed by atoms with Gasteiger partial charge in [-0.15, -0.1) is 0 Å². The van der Waals surface area contributed by atoms with Crippen molar-refractivity contribution in [3.8, 4) is 0 Å². The summed E-state index contributed by atoms with van der Waals surface area (Å²) in [4.78, 5) is 36.6. The third-order valence-electron chi connectivity index (χ3n) is 4.29. The highest BCUT2D eigenvalue weighted by Crippen LogP contribution is 2.15. The van der Waals surface area contributed by atoms with E-state index in [9.17, 15) is 14.4 Å². The van der Waals surface area contributed by atoms with E-state index in [0.717, 1.165) is 5.56 Å². The van der Waals surface area contributed by atoms with E-state index in [4.69, 9.17) is 0 Å². The predicted octanol–water partition coefficient (Wildman–Crippen LogP) is 2.04. The molecule has 0 heterocycles. The van der Waals surface area contributed by atoms with Crippen LogP contribution >= 0.6 is 0 Å². The maximum Gasteiger partial charge on any atom is 0.247 e. The molecule has 2 atom stereocenters. The fourth-order valence-corrected chi connectivity index (χ4v) is 2.64. The maximum atomic E-state index is 12.5. The first-order valence-electron chi connectivity index (χ1n) is 8.74. The van der Waals surface area contributed by atoms with E-state index < -0.39 is 0 Å². The van der Waals surface area contributed by atoms with Crippen molar-refractivity contribution < 1.29 is 14.4 Å². The van der Waals surface area contributed by atoms with Gasteiger partial charge in [0, 0.05) is 12.6 Å². The van der Waals surface area contributed by atoms with Gasteiger partial charge in [-0.3, -0.25) is 14.4 Å². The van der Waals surface area contributed by atoms with Crippen molar-refractivity contribution in [3.63, 3.8) is 0 Å². The molecular weight excluding hydrogens is 330 g/mol. The summed E-state index contributed by atoms with van der Waals surface area (Å²) in [5.74, 6) is -0.258. The second-order valence-electron chi connectivity index (χ2n) is 6.69. The van der Waals surface area contributed by atoms with Crippen molar-refractivity contribution in [1.82, 2.24) is 15.5 Å². The number of nitrogens with zero attached hydrogens (tertiary/aromatic N) is 1. The Labute approximate surface area is 155 Å². The zero-order chi connectivity index (χ0) is 19.7. The zero-order valence-electron chi connectivity index (χ0n) is 16.2. The Morgan fingerprint density at radius 3 is 2.31 bits per heavy atom. The SMILES string of the molecule is CC(=C[C@H](C(C)C)N(C)C(=O)CNC=O)C(=O)NC(C)c1ccccc1. The van der Waals surface area contributed by atoms with Gasteiger partial charge in [-0.1, -0.05) is 50.3 Å². The maximum absolute atomic E-state index is 12.5. The summed E-state index contributed by atoms with van der Waals surface area (Å²) < 4.78 is 0. The number of carbonyl (C=O) groups is 3. The summed E-state index contributed by atoms with van der Waals surface area (Å²) in [5.41, 5.74) is 1.58. The van der Waals surface area contributed by atoms with Gasteiger partial charge >= 0.3 is 0 Å². The van der Waals surface area contributed by atoms with Crippen LogP contribution in [0.3, 0.4) is 0 Å². The van der Waals surface area contributed by atoms with Crippen LogP contribution < -0.4 is 10.6 Å². The third kappa shape index (κ3) is 6.35. The number of nitrogens with one attached hydrogen (secondary N) is 2. The van der Waals surface area contributed by atoms with E-state index in [2.05, 4.69) is 10.6 Å². The summed E-state index contributed by atoms with van der Waals surface area (Å²) in [5, 5.41) is 5.34. The normalized spacial score (nSPS) is 13.7. The largest absolute Gasteiger partial charge is 0.350 e. The molecule has 0 spiro atoms. The Balaban J connectivity index is 2.83. The molecule has 1 unspecified atom stereocenters. The molecule has 6 nitrogen and oxygen atoms in total. The molecule has 0 saturated heterocycles. The number of rotatable bonds is 9.